The fourth-order valence-electron chi connectivity index (χ4n) is 2.38. The molecule has 9 nitrogen and oxygen atoms in total. The van der Waals surface area contributed by atoms with Crippen molar-refractivity contribution >= 4 is 56.1 Å². The molecule has 0 aliphatic heterocycles. The van der Waals surface area contributed by atoms with Gasteiger partial charge in [0.2, 0.25) is 15.0 Å². The molecule has 0 aliphatic carbocycles. The normalized spacial score (nSPS) is 11.5. The van der Waals surface area contributed by atoms with Gasteiger partial charge in [-0.05, 0) is 48.0 Å². The minimum atomic E-state index is -3.60. The largest absolute Gasteiger partial charge is 0.423 e. The van der Waals surface area contributed by atoms with Crippen LogP contribution >= 0.6 is 23.1 Å². The van der Waals surface area contributed by atoms with Crippen LogP contribution in [0.4, 0.5) is 5.13 Å². The van der Waals surface area contributed by atoms with E-state index in [1.807, 2.05) is 0 Å². The third kappa shape index (κ3) is 6.23. The summed E-state index contributed by atoms with van der Waals surface area (Å²) in [6.07, 6.45) is 1.32. The van der Waals surface area contributed by atoms with Gasteiger partial charge in [0, 0.05) is 16.6 Å². The Labute approximate surface area is 198 Å². The number of carbonyl (C=O) groups excluding carboxylic acids is 2. The zero-order valence-corrected chi connectivity index (χ0v) is 19.4. The monoisotopic (exact) mass is 502 g/mol. The lowest BCUT2D eigenvalue weighted by Crippen LogP contribution is -2.13. The van der Waals surface area contributed by atoms with E-state index in [0.29, 0.717) is 27.7 Å². The first kappa shape index (κ1) is 24.1. The molecule has 168 valence electrons. The summed E-state index contributed by atoms with van der Waals surface area (Å²) in [7, 11) is -3.60. The fraction of sp³-hybridized carbons (Fsp3) is 0.0952. The number of anilines is 1. The van der Waals surface area contributed by atoms with Crippen molar-refractivity contribution in [3.8, 4) is 11.8 Å². The lowest BCUT2D eigenvalue weighted by molar-refractivity contribution is -0.112. The van der Waals surface area contributed by atoms with Crippen molar-refractivity contribution in [2.24, 2.45) is 0 Å². The van der Waals surface area contributed by atoms with Gasteiger partial charge in [0.05, 0.1) is 11.3 Å². The molecule has 12 heteroatoms. The number of amides is 1. The number of sulfone groups is 1. The Kier molecular flexibility index (Phi) is 7.55. The van der Waals surface area contributed by atoms with Gasteiger partial charge in [0.15, 0.2) is 0 Å². The SMILES string of the molecule is CCS(=O)(=O)c1nsc(NC(=O)C(C#N)=Cc2ccc(OC(=O)c3ccc(Cl)cc3)cc2)n1. The Morgan fingerprint density at radius 2 is 1.85 bits per heavy atom. The number of nitrogens with one attached hydrogen (secondary N) is 1. The topological polar surface area (TPSA) is 139 Å². The van der Waals surface area contributed by atoms with Crippen LogP contribution in [0.15, 0.2) is 59.3 Å². The second-order valence-corrected chi connectivity index (χ2v) is 9.74. The summed E-state index contributed by atoms with van der Waals surface area (Å²) >= 11 is 6.50. The number of halogens is 1. The molecule has 1 amide bonds. The predicted molar refractivity (Wildman–Crippen MR) is 123 cm³/mol. The molecule has 0 saturated carbocycles. The van der Waals surface area contributed by atoms with E-state index in [1.165, 1.54) is 37.3 Å². The average Bonchev–Trinajstić information content (AvgIpc) is 3.28. The first-order valence-electron chi connectivity index (χ1n) is 9.29. The van der Waals surface area contributed by atoms with Gasteiger partial charge in [-0.1, -0.05) is 30.7 Å². The number of rotatable bonds is 7. The standard InChI is InChI=1S/C21H15ClN4O5S2/c1-2-33(29,30)21-25-20(32-26-21)24-18(27)15(12-23)11-13-3-9-17(10-4-13)31-19(28)14-5-7-16(22)8-6-14/h3-11H,2H2,1H3,(H,24,25,26,27). The minimum absolute atomic E-state index is 0.0439. The highest BCUT2D eigenvalue weighted by molar-refractivity contribution is 7.91. The zero-order chi connectivity index (χ0) is 24.0. The van der Waals surface area contributed by atoms with E-state index in [2.05, 4.69) is 14.7 Å². The second kappa shape index (κ2) is 10.4. The molecule has 1 heterocycles. The molecule has 0 bridgehead atoms. The maximum Gasteiger partial charge on any atom is 0.343 e. The Morgan fingerprint density at radius 3 is 2.45 bits per heavy atom. The molecule has 3 aromatic rings. The molecule has 3 rings (SSSR count). The fourth-order valence-corrected chi connectivity index (χ4v) is 4.09. The first-order valence-corrected chi connectivity index (χ1v) is 12.1. The highest BCUT2D eigenvalue weighted by Gasteiger charge is 2.20. The maximum atomic E-state index is 12.4. The van der Waals surface area contributed by atoms with E-state index >= 15 is 0 Å². The number of nitriles is 1. The second-order valence-electron chi connectivity index (χ2n) is 6.37. The van der Waals surface area contributed by atoms with E-state index in [9.17, 15) is 23.3 Å². The van der Waals surface area contributed by atoms with E-state index in [4.69, 9.17) is 16.3 Å². The van der Waals surface area contributed by atoms with E-state index < -0.39 is 21.7 Å². The van der Waals surface area contributed by atoms with Gasteiger partial charge >= 0.3 is 5.97 Å². The summed E-state index contributed by atoms with van der Waals surface area (Å²) in [5.74, 6) is -1.24. The van der Waals surface area contributed by atoms with Gasteiger partial charge in [0.25, 0.3) is 11.1 Å². The maximum absolute atomic E-state index is 12.4. The van der Waals surface area contributed by atoms with Gasteiger partial charge in [-0.2, -0.15) is 14.6 Å². The van der Waals surface area contributed by atoms with Crippen LogP contribution in [0, 0.1) is 11.3 Å². The minimum Gasteiger partial charge on any atom is -0.423 e. The molecule has 0 saturated heterocycles. The third-order valence-electron chi connectivity index (χ3n) is 4.13. The molecule has 0 atom stereocenters. The molecular formula is C21H15ClN4O5S2. The number of hydrogen-bond donors (Lipinski definition) is 1. The number of esters is 1. The van der Waals surface area contributed by atoms with Crippen molar-refractivity contribution in [1.82, 2.24) is 9.36 Å². The summed E-state index contributed by atoms with van der Waals surface area (Å²) in [5.41, 5.74) is 0.592. The molecular weight excluding hydrogens is 488 g/mol. The lowest BCUT2D eigenvalue weighted by atomic mass is 10.1. The summed E-state index contributed by atoms with van der Waals surface area (Å²) in [4.78, 5) is 28.3. The molecule has 0 radical (unpaired) electrons. The van der Waals surface area contributed by atoms with Crippen molar-refractivity contribution in [3.63, 3.8) is 0 Å². The third-order valence-corrected chi connectivity index (χ3v) is 6.63. The number of aromatic nitrogens is 2. The van der Waals surface area contributed by atoms with Crippen LogP contribution in [-0.4, -0.2) is 35.4 Å². The van der Waals surface area contributed by atoms with Crippen molar-refractivity contribution < 1.29 is 22.7 Å². The van der Waals surface area contributed by atoms with Gasteiger partial charge < -0.3 is 4.74 Å². The lowest BCUT2D eigenvalue weighted by Gasteiger charge is -2.05. The van der Waals surface area contributed by atoms with Crippen LogP contribution in [0.5, 0.6) is 5.75 Å². The molecule has 0 fully saturated rings. The summed E-state index contributed by atoms with van der Waals surface area (Å²) in [6, 6.07) is 14.2. The molecule has 0 unspecified atom stereocenters. The van der Waals surface area contributed by atoms with Crippen LogP contribution in [-0.2, 0) is 14.6 Å². The van der Waals surface area contributed by atoms with E-state index in [0.717, 1.165) is 0 Å². The zero-order valence-electron chi connectivity index (χ0n) is 17.0. The number of hydrogen-bond acceptors (Lipinski definition) is 9. The average molecular weight is 503 g/mol. The van der Waals surface area contributed by atoms with Crippen LogP contribution < -0.4 is 10.1 Å². The Morgan fingerprint density at radius 1 is 1.18 bits per heavy atom. The van der Waals surface area contributed by atoms with E-state index in [-0.39, 0.29) is 27.4 Å². The smallest absolute Gasteiger partial charge is 0.343 e. The molecule has 33 heavy (non-hydrogen) atoms. The van der Waals surface area contributed by atoms with Crippen LogP contribution in [0.3, 0.4) is 0 Å². The molecule has 1 aromatic heterocycles. The van der Waals surface area contributed by atoms with Gasteiger partial charge in [-0.25, -0.2) is 13.2 Å². The number of nitrogens with zero attached hydrogens (tertiary/aromatic N) is 3. The van der Waals surface area contributed by atoms with Crippen molar-refractivity contribution in [2.75, 3.05) is 11.1 Å². The van der Waals surface area contributed by atoms with Crippen molar-refractivity contribution in [1.29, 1.82) is 5.26 Å². The van der Waals surface area contributed by atoms with Gasteiger partial charge in [-0.3, -0.25) is 10.1 Å². The molecule has 1 N–H and O–H groups in total. The quantitative estimate of drug-likeness (QED) is 0.223. The van der Waals surface area contributed by atoms with Crippen LogP contribution in [0.25, 0.3) is 6.08 Å². The first-order chi connectivity index (χ1) is 15.7. The molecule has 0 spiro atoms. The number of ether oxygens (including phenoxy) is 1. The Bertz CT molecular complexity index is 1360. The Hall–Kier alpha value is -3.59. The summed E-state index contributed by atoms with van der Waals surface area (Å²) in [6.45, 7) is 1.45. The van der Waals surface area contributed by atoms with Gasteiger partial charge in [-0.15, -0.1) is 0 Å². The van der Waals surface area contributed by atoms with Crippen LogP contribution in [0.2, 0.25) is 5.02 Å². The highest BCUT2D eigenvalue weighted by atomic mass is 35.5. The predicted octanol–water partition coefficient (Wildman–Crippen LogP) is 3.75. The van der Waals surface area contributed by atoms with Gasteiger partial charge in [0.1, 0.15) is 17.4 Å². The Balaban J connectivity index is 1.68. The van der Waals surface area contributed by atoms with E-state index in [1.54, 1.807) is 30.3 Å². The number of benzene rings is 2. The van der Waals surface area contributed by atoms with Crippen LogP contribution in [0.1, 0.15) is 22.8 Å². The molecule has 2 aromatic carbocycles. The van der Waals surface area contributed by atoms with Crippen molar-refractivity contribution in [3.05, 3.63) is 70.3 Å². The number of carbonyl (C=O) groups is 2. The summed E-state index contributed by atoms with van der Waals surface area (Å²) in [5, 5.41) is 11.8. The van der Waals surface area contributed by atoms with Crippen molar-refractivity contribution in [2.45, 2.75) is 12.1 Å². The summed E-state index contributed by atoms with van der Waals surface area (Å²) < 4.78 is 32.6. The highest BCUT2D eigenvalue weighted by Crippen LogP contribution is 2.19. The molecule has 0 aliphatic rings.